The number of carbonyl (C=O) groups excluding carboxylic acids is 2. The third-order valence-corrected chi connectivity index (χ3v) is 6.84. The van der Waals surface area contributed by atoms with E-state index in [-0.39, 0.29) is 23.6 Å². The van der Waals surface area contributed by atoms with Crippen molar-refractivity contribution < 1.29 is 19.8 Å². The summed E-state index contributed by atoms with van der Waals surface area (Å²) in [6.45, 7) is 2.14. The van der Waals surface area contributed by atoms with Crippen LogP contribution in [0, 0.1) is 6.92 Å². The monoisotopic (exact) mass is 483 g/mol. The topological polar surface area (TPSA) is 77.8 Å². The third-order valence-electron chi connectivity index (χ3n) is 5.09. The van der Waals surface area contributed by atoms with Crippen molar-refractivity contribution in [3.8, 4) is 5.75 Å². The van der Waals surface area contributed by atoms with E-state index in [0.29, 0.717) is 11.1 Å². The molecule has 1 atom stereocenters. The highest BCUT2D eigenvalue weighted by molar-refractivity contribution is 9.10. The maximum atomic E-state index is 13.0. The van der Waals surface area contributed by atoms with Crippen LogP contribution in [0.15, 0.2) is 70.0 Å². The molecule has 5 nitrogen and oxygen atoms in total. The minimum atomic E-state index is -0.753. The molecule has 0 spiro atoms. The van der Waals surface area contributed by atoms with E-state index < -0.39 is 17.7 Å². The first-order valence-corrected chi connectivity index (χ1v) is 10.9. The number of ketones is 1. The summed E-state index contributed by atoms with van der Waals surface area (Å²) < 4.78 is 0.882. The van der Waals surface area contributed by atoms with Gasteiger partial charge in [-0.2, -0.15) is 0 Å². The van der Waals surface area contributed by atoms with Crippen molar-refractivity contribution in [2.45, 2.75) is 19.5 Å². The van der Waals surface area contributed by atoms with Gasteiger partial charge in [0, 0.05) is 14.9 Å². The van der Waals surface area contributed by atoms with E-state index in [1.54, 1.807) is 30.3 Å². The number of rotatable bonds is 4. The van der Waals surface area contributed by atoms with Crippen LogP contribution in [-0.4, -0.2) is 26.8 Å². The van der Waals surface area contributed by atoms with E-state index in [2.05, 4.69) is 15.9 Å². The van der Waals surface area contributed by atoms with Crippen molar-refractivity contribution in [3.05, 3.63) is 91.6 Å². The molecule has 2 aromatic carbocycles. The fraction of sp³-hybridized carbons (Fsp3) is 0.130. The summed E-state index contributed by atoms with van der Waals surface area (Å²) in [5.74, 6) is -1.51. The van der Waals surface area contributed by atoms with Crippen molar-refractivity contribution in [1.29, 1.82) is 0 Å². The third kappa shape index (κ3) is 3.66. The van der Waals surface area contributed by atoms with E-state index in [9.17, 15) is 19.8 Å². The molecule has 30 heavy (non-hydrogen) atoms. The van der Waals surface area contributed by atoms with Gasteiger partial charge in [0.05, 0.1) is 18.2 Å². The van der Waals surface area contributed by atoms with Gasteiger partial charge in [-0.3, -0.25) is 9.59 Å². The van der Waals surface area contributed by atoms with Crippen LogP contribution in [0.4, 0.5) is 0 Å². The maximum absolute atomic E-state index is 13.0. The second-order valence-corrected chi connectivity index (χ2v) is 8.95. The van der Waals surface area contributed by atoms with Crippen LogP contribution in [0.2, 0.25) is 0 Å². The number of thiophene rings is 1. The number of Topliss-reactive ketones (excluding diaryl/α,β-unsaturated/α-hetero) is 1. The second kappa shape index (κ2) is 8.08. The normalized spacial score (nSPS) is 18.2. The standard InChI is InChI=1S/C23H18BrNO4S/c1-13-11-15(6-9-18(13)24)21(27)19-20(14-4-7-16(26)8-5-14)25(23(29)22(19)28)12-17-3-2-10-30-17/h2-11,20,26-27H,12H2,1H3/b21-19-. The molecule has 1 fully saturated rings. The molecular formula is C23H18BrNO4S. The van der Waals surface area contributed by atoms with Crippen molar-refractivity contribution in [3.63, 3.8) is 0 Å². The van der Waals surface area contributed by atoms with E-state index in [1.807, 2.05) is 24.4 Å². The number of phenolic OH excluding ortho intramolecular Hbond substituents is 1. The first-order valence-electron chi connectivity index (χ1n) is 9.23. The lowest BCUT2D eigenvalue weighted by Gasteiger charge is -2.25. The Kier molecular flexibility index (Phi) is 5.49. The highest BCUT2D eigenvalue weighted by Crippen LogP contribution is 2.41. The molecule has 1 aliphatic heterocycles. The number of aliphatic hydroxyl groups excluding tert-OH is 1. The van der Waals surface area contributed by atoms with Crippen molar-refractivity contribution in [2.24, 2.45) is 0 Å². The molecule has 1 amide bonds. The maximum Gasteiger partial charge on any atom is 0.295 e. The minimum absolute atomic E-state index is 0.0453. The number of phenols is 1. The summed E-state index contributed by atoms with van der Waals surface area (Å²) in [5, 5.41) is 22.7. The molecule has 2 N–H and O–H groups in total. The molecule has 0 aliphatic carbocycles. The molecule has 4 rings (SSSR count). The fourth-order valence-electron chi connectivity index (χ4n) is 3.56. The second-order valence-electron chi connectivity index (χ2n) is 7.06. The van der Waals surface area contributed by atoms with Gasteiger partial charge in [0.25, 0.3) is 11.7 Å². The Morgan fingerprint density at radius 1 is 1.13 bits per heavy atom. The van der Waals surface area contributed by atoms with Gasteiger partial charge in [-0.15, -0.1) is 11.3 Å². The summed E-state index contributed by atoms with van der Waals surface area (Å²) in [4.78, 5) is 28.3. The van der Waals surface area contributed by atoms with Crippen LogP contribution < -0.4 is 0 Å². The first kappa shape index (κ1) is 20.4. The molecule has 1 aromatic heterocycles. The lowest BCUT2D eigenvalue weighted by molar-refractivity contribution is -0.140. The number of aliphatic hydroxyl groups is 1. The molecule has 0 bridgehead atoms. The molecule has 1 unspecified atom stereocenters. The molecule has 152 valence electrons. The van der Waals surface area contributed by atoms with Crippen molar-refractivity contribution in [1.82, 2.24) is 4.90 Å². The number of halogens is 1. The van der Waals surface area contributed by atoms with E-state index in [4.69, 9.17) is 0 Å². The highest BCUT2D eigenvalue weighted by Gasteiger charge is 2.46. The summed E-state index contributed by atoms with van der Waals surface area (Å²) in [6.07, 6.45) is 0. The van der Waals surface area contributed by atoms with Gasteiger partial charge in [0.2, 0.25) is 0 Å². The molecule has 0 saturated carbocycles. The number of benzene rings is 2. The predicted molar refractivity (Wildman–Crippen MR) is 119 cm³/mol. The Balaban J connectivity index is 1.87. The van der Waals surface area contributed by atoms with Crippen LogP contribution in [0.25, 0.3) is 5.76 Å². The zero-order chi connectivity index (χ0) is 21.4. The zero-order valence-electron chi connectivity index (χ0n) is 16.0. The number of aromatic hydroxyl groups is 1. The fourth-order valence-corrected chi connectivity index (χ4v) is 4.51. The van der Waals surface area contributed by atoms with E-state index in [1.165, 1.54) is 28.4 Å². The number of nitrogens with zero attached hydrogens (tertiary/aromatic N) is 1. The molecule has 0 radical (unpaired) electrons. The predicted octanol–water partition coefficient (Wildman–Crippen LogP) is 5.15. The Bertz CT molecular complexity index is 1150. The average molecular weight is 484 g/mol. The van der Waals surface area contributed by atoms with Gasteiger partial charge in [-0.25, -0.2) is 0 Å². The Morgan fingerprint density at radius 3 is 2.50 bits per heavy atom. The lowest BCUT2D eigenvalue weighted by Crippen LogP contribution is -2.28. The van der Waals surface area contributed by atoms with Gasteiger partial charge in [0.15, 0.2) is 0 Å². The van der Waals surface area contributed by atoms with Crippen molar-refractivity contribution >= 4 is 44.7 Å². The summed E-state index contributed by atoms with van der Waals surface area (Å²) >= 11 is 4.93. The lowest BCUT2D eigenvalue weighted by atomic mass is 9.95. The van der Waals surface area contributed by atoms with Gasteiger partial charge >= 0.3 is 0 Å². The Hall–Kier alpha value is -2.90. The van der Waals surface area contributed by atoms with Gasteiger partial charge in [0.1, 0.15) is 11.5 Å². The summed E-state index contributed by atoms with van der Waals surface area (Å²) in [7, 11) is 0. The highest BCUT2D eigenvalue weighted by atomic mass is 79.9. The molecule has 2 heterocycles. The van der Waals surface area contributed by atoms with Crippen LogP contribution in [0.1, 0.15) is 27.6 Å². The van der Waals surface area contributed by atoms with Crippen LogP contribution in [-0.2, 0) is 16.1 Å². The quantitative estimate of drug-likeness (QED) is 0.305. The number of hydrogen-bond acceptors (Lipinski definition) is 5. The molecule has 7 heteroatoms. The van der Waals surface area contributed by atoms with E-state index in [0.717, 1.165) is 14.9 Å². The smallest absolute Gasteiger partial charge is 0.295 e. The Labute approximate surface area is 186 Å². The van der Waals surface area contributed by atoms with Crippen LogP contribution >= 0.6 is 27.3 Å². The van der Waals surface area contributed by atoms with E-state index >= 15 is 0 Å². The largest absolute Gasteiger partial charge is 0.508 e. The number of amides is 1. The SMILES string of the molecule is Cc1cc(/C(O)=C2/C(=O)C(=O)N(Cc3cccs3)C2c2ccc(O)cc2)ccc1Br. The minimum Gasteiger partial charge on any atom is -0.508 e. The molecule has 1 aliphatic rings. The number of likely N-dealkylation sites (tertiary alicyclic amines) is 1. The van der Waals surface area contributed by atoms with Crippen LogP contribution in [0.5, 0.6) is 5.75 Å². The first-order chi connectivity index (χ1) is 14.4. The van der Waals surface area contributed by atoms with Gasteiger partial charge < -0.3 is 15.1 Å². The molecule has 1 saturated heterocycles. The van der Waals surface area contributed by atoms with Gasteiger partial charge in [-0.1, -0.05) is 40.2 Å². The van der Waals surface area contributed by atoms with Crippen molar-refractivity contribution in [2.75, 3.05) is 0 Å². The number of aryl methyl sites for hydroxylation is 1. The van der Waals surface area contributed by atoms with Gasteiger partial charge in [-0.05, 0) is 53.8 Å². The summed E-state index contributed by atoms with van der Waals surface area (Å²) in [5.41, 5.74) is 2.05. The molecular weight excluding hydrogens is 466 g/mol. The zero-order valence-corrected chi connectivity index (χ0v) is 18.4. The number of carbonyl (C=O) groups is 2. The Morgan fingerprint density at radius 2 is 1.87 bits per heavy atom. The van der Waals surface area contributed by atoms with Crippen LogP contribution in [0.3, 0.4) is 0 Å². The summed E-state index contributed by atoms with van der Waals surface area (Å²) in [6, 6.07) is 14.6. The average Bonchev–Trinajstić information content (AvgIpc) is 3.33. The number of hydrogen-bond donors (Lipinski definition) is 2. The molecule has 3 aromatic rings.